The van der Waals surface area contributed by atoms with Crippen molar-refractivity contribution < 1.29 is 9.59 Å². The Morgan fingerprint density at radius 2 is 1.87 bits per heavy atom. The number of amides is 2. The normalized spacial score (nSPS) is 18.9. The molecule has 2 aliphatic rings. The van der Waals surface area contributed by atoms with Gasteiger partial charge in [0.2, 0.25) is 11.8 Å². The highest BCUT2D eigenvalue weighted by atomic mass is 32.1. The molecule has 2 unspecified atom stereocenters. The third kappa shape index (κ3) is 7.50. The second kappa shape index (κ2) is 14.2. The molecule has 2 fully saturated rings. The van der Waals surface area contributed by atoms with Crippen LogP contribution in [0.1, 0.15) is 58.8 Å². The molecule has 1 saturated carbocycles. The molecule has 0 bridgehead atoms. The molecule has 0 spiro atoms. The smallest absolute Gasteiger partial charge is 0.276 e. The molecule has 8 nitrogen and oxygen atoms in total. The highest BCUT2D eigenvalue weighted by molar-refractivity contribution is 7.19. The highest BCUT2D eigenvalue weighted by Crippen LogP contribution is 2.34. The van der Waals surface area contributed by atoms with Crippen LogP contribution in [0.5, 0.6) is 0 Å². The summed E-state index contributed by atoms with van der Waals surface area (Å²) in [6, 6.07) is 9.85. The number of nitrogens with zero attached hydrogens (tertiary/aromatic N) is 3. The maximum atomic E-state index is 13.1. The zero-order valence-electron chi connectivity index (χ0n) is 23.1. The summed E-state index contributed by atoms with van der Waals surface area (Å²) in [5, 5.41) is 16.8. The number of benzene rings is 1. The summed E-state index contributed by atoms with van der Waals surface area (Å²) in [5.74, 6) is 1.88. The SMILES string of the molecule is CB(C#N)[C@@H](C)C(=O)NC(C(=O)N1CCCC1C)C1CCCCC1.CNc1sc(N)nc1-c1ccccc1. The Kier molecular flexibility index (Phi) is 11.0. The van der Waals surface area contributed by atoms with Gasteiger partial charge < -0.3 is 21.3 Å². The molecule has 1 aliphatic heterocycles. The Hall–Kier alpha value is -3.06. The van der Waals surface area contributed by atoms with Gasteiger partial charge in [-0.3, -0.25) is 9.59 Å². The van der Waals surface area contributed by atoms with Crippen molar-refractivity contribution in [2.45, 2.75) is 83.5 Å². The number of hydrogen-bond acceptors (Lipinski definition) is 7. The van der Waals surface area contributed by atoms with Crippen LogP contribution in [-0.4, -0.2) is 54.1 Å². The van der Waals surface area contributed by atoms with E-state index >= 15 is 0 Å². The van der Waals surface area contributed by atoms with Crippen molar-refractivity contribution in [3.63, 3.8) is 0 Å². The van der Waals surface area contributed by atoms with Crippen molar-refractivity contribution >= 4 is 40.0 Å². The summed E-state index contributed by atoms with van der Waals surface area (Å²) in [6.07, 6.45) is 7.56. The predicted octanol–water partition coefficient (Wildman–Crippen LogP) is 5.07. The Morgan fingerprint density at radius 1 is 1.18 bits per heavy atom. The quantitative estimate of drug-likeness (QED) is 0.425. The van der Waals surface area contributed by atoms with Crippen LogP contribution >= 0.6 is 11.3 Å². The third-order valence-electron chi connectivity index (χ3n) is 7.81. The van der Waals surface area contributed by atoms with Crippen molar-refractivity contribution in [3.05, 3.63) is 30.3 Å². The largest absolute Gasteiger partial charge is 0.378 e. The molecule has 1 aromatic heterocycles. The minimum absolute atomic E-state index is 0.0806. The van der Waals surface area contributed by atoms with E-state index in [1.165, 1.54) is 17.8 Å². The van der Waals surface area contributed by atoms with Gasteiger partial charge in [0.1, 0.15) is 16.7 Å². The number of rotatable bonds is 7. The number of nitrogen functional groups attached to an aromatic ring is 1. The molecule has 10 heteroatoms. The number of hydrogen-bond donors (Lipinski definition) is 3. The lowest BCUT2D eigenvalue weighted by molar-refractivity contribution is -0.138. The summed E-state index contributed by atoms with van der Waals surface area (Å²) in [6.45, 7) is 6.06. The first-order chi connectivity index (χ1) is 18.3. The van der Waals surface area contributed by atoms with Crippen molar-refractivity contribution in [2.75, 3.05) is 24.6 Å². The minimum atomic E-state index is -0.424. The van der Waals surface area contributed by atoms with E-state index in [4.69, 9.17) is 11.0 Å². The van der Waals surface area contributed by atoms with Gasteiger partial charge in [-0.15, -0.1) is 0 Å². The molecule has 4 rings (SSSR count). The lowest BCUT2D eigenvalue weighted by Gasteiger charge is -2.34. The summed E-state index contributed by atoms with van der Waals surface area (Å²) >= 11 is 1.46. The van der Waals surface area contributed by atoms with Gasteiger partial charge in [-0.05, 0) is 38.5 Å². The van der Waals surface area contributed by atoms with Crippen LogP contribution in [0.25, 0.3) is 11.3 Å². The van der Waals surface area contributed by atoms with Gasteiger partial charge in [0.05, 0.1) is 0 Å². The van der Waals surface area contributed by atoms with E-state index in [-0.39, 0.29) is 30.5 Å². The van der Waals surface area contributed by atoms with E-state index < -0.39 is 11.9 Å². The molecule has 4 N–H and O–H groups in total. The lowest BCUT2D eigenvalue weighted by atomic mass is 9.44. The number of carbonyl (C=O) groups is 2. The van der Waals surface area contributed by atoms with Gasteiger partial charge >= 0.3 is 0 Å². The molecular weight excluding hydrogens is 495 g/mol. The van der Waals surface area contributed by atoms with Gasteiger partial charge in [0, 0.05) is 37.0 Å². The van der Waals surface area contributed by atoms with E-state index in [9.17, 15) is 9.59 Å². The summed E-state index contributed by atoms with van der Waals surface area (Å²) < 4.78 is 0. The molecule has 1 saturated heterocycles. The lowest BCUT2D eigenvalue weighted by Crippen LogP contribution is -2.54. The second-order valence-corrected chi connectivity index (χ2v) is 11.5. The second-order valence-electron chi connectivity index (χ2n) is 10.5. The van der Waals surface area contributed by atoms with Crippen LogP contribution in [0.4, 0.5) is 10.1 Å². The summed E-state index contributed by atoms with van der Waals surface area (Å²) in [5.41, 5.74) is 7.67. The monoisotopic (exact) mass is 536 g/mol. The Bertz CT molecular complexity index is 1100. The highest BCUT2D eigenvalue weighted by Gasteiger charge is 2.38. The van der Waals surface area contributed by atoms with Crippen molar-refractivity contribution in [2.24, 2.45) is 5.92 Å². The average Bonchev–Trinajstić information content (AvgIpc) is 3.56. The number of nitrogens with one attached hydrogen (secondary N) is 2. The first-order valence-corrected chi connectivity index (χ1v) is 14.6. The van der Waals surface area contributed by atoms with E-state index in [1.807, 2.05) is 42.3 Å². The topological polar surface area (TPSA) is 124 Å². The fourth-order valence-electron chi connectivity index (χ4n) is 5.21. The van der Waals surface area contributed by atoms with Crippen LogP contribution in [-0.2, 0) is 9.59 Å². The first kappa shape index (κ1) is 29.5. The van der Waals surface area contributed by atoms with Crippen LogP contribution in [0, 0.1) is 17.1 Å². The van der Waals surface area contributed by atoms with E-state index in [1.54, 1.807) is 13.7 Å². The summed E-state index contributed by atoms with van der Waals surface area (Å²) in [7, 11) is 1.87. The molecule has 2 amide bonds. The van der Waals surface area contributed by atoms with Crippen LogP contribution in [0.2, 0.25) is 12.6 Å². The van der Waals surface area contributed by atoms with Crippen molar-refractivity contribution in [3.8, 4) is 17.2 Å². The van der Waals surface area contributed by atoms with Gasteiger partial charge in [0.15, 0.2) is 5.13 Å². The van der Waals surface area contributed by atoms with E-state index in [0.29, 0.717) is 5.13 Å². The number of likely N-dealkylation sites (tertiary alicyclic amines) is 1. The molecule has 204 valence electrons. The molecule has 3 atom stereocenters. The zero-order valence-corrected chi connectivity index (χ0v) is 23.9. The number of anilines is 2. The molecule has 38 heavy (non-hydrogen) atoms. The number of thiazole rings is 1. The summed E-state index contributed by atoms with van der Waals surface area (Å²) in [4.78, 5) is 31.9. The molecule has 1 aromatic carbocycles. The average molecular weight is 537 g/mol. The van der Waals surface area contributed by atoms with Gasteiger partial charge in [-0.2, -0.15) is 0 Å². The third-order valence-corrected chi connectivity index (χ3v) is 8.71. The Balaban J connectivity index is 0.000000241. The van der Waals surface area contributed by atoms with Crippen molar-refractivity contribution in [1.29, 1.82) is 5.26 Å². The fourth-order valence-corrected chi connectivity index (χ4v) is 5.92. The number of nitriles is 1. The standard InChI is InChI=1S/C18H30BN3O2.C10H11N3S/c1-13-8-7-11-22(13)18(24)16(15-9-5-4-6-10-15)21-17(23)14(2)19(3)12-20;1-12-9-8(13-10(11)14-9)7-5-3-2-4-6-7/h13-16H,4-11H2,1-3H3,(H,21,23);2-6,12H,1H3,(H2,11,13)/t13?,14-,16?;/m0./s1. The van der Waals surface area contributed by atoms with E-state index in [0.717, 1.165) is 61.3 Å². The van der Waals surface area contributed by atoms with Crippen molar-refractivity contribution in [1.82, 2.24) is 15.2 Å². The first-order valence-electron chi connectivity index (χ1n) is 13.8. The predicted molar refractivity (Wildman–Crippen MR) is 157 cm³/mol. The zero-order chi connectivity index (χ0) is 27.7. The molecule has 0 radical (unpaired) electrons. The van der Waals surface area contributed by atoms with Gasteiger partial charge in [-0.25, -0.2) is 10.2 Å². The maximum Gasteiger partial charge on any atom is 0.276 e. The number of aromatic nitrogens is 1. The Labute approximate surface area is 231 Å². The Morgan fingerprint density at radius 3 is 2.45 bits per heavy atom. The van der Waals surface area contributed by atoms with Crippen LogP contribution in [0.3, 0.4) is 0 Å². The molecule has 2 heterocycles. The van der Waals surface area contributed by atoms with Gasteiger partial charge in [0.25, 0.3) is 6.71 Å². The van der Waals surface area contributed by atoms with E-state index in [2.05, 4.69) is 28.5 Å². The fraction of sp³-hybridized carbons (Fsp3) is 0.571. The van der Waals surface area contributed by atoms with Gasteiger partial charge in [-0.1, -0.05) is 74.7 Å². The number of nitrogens with two attached hydrogens (primary N) is 1. The van der Waals surface area contributed by atoms with Crippen LogP contribution in [0.15, 0.2) is 30.3 Å². The van der Waals surface area contributed by atoms with Crippen LogP contribution < -0.4 is 16.4 Å². The minimum Gasteiger partial charge on any atom is -0.378 e. The molecule has 1 aliphatic carbocycles. The molecular formula is C28H41BN6O2S. The maximum absolute atomic E-state index is 13.1. The number of carbonyl (C=O) groups excluding carboxylic acids is 2. The molecule has 2 aromatic rings.